The van der Waals surface area contributed by atoms with Crippen molar-refractivity contribution in [3.8, 4) is 0 Å². The van der Waals surface area contributed by atoms with E-state index < -0.39 is 5.92 Å². The number of hydrogen-bond acceptors (Lipinski definition) is 2. The van der Waals surface area contributed by atoms with Gasteiger partial charge in [-0.05, 0) is 30.2 Å². The van der Waals surface area contributed by atoms with Crippen LogP contribution in [0.4, 0.5) is 10.1 Å². The fourth-order valence-corrected chi connectivity index (χ4v) is 1.61. The van der Waals surface area contributed by atoms with Crippen LogP contribution in [0.15, 0.2) is 24.3 Å². The highest BCUT2D eigenvalue weighted by molar-refractivity contribution is 5.94. The van der Waals surface area contributed by atoms with Gasteiger partial charge >= 0.3 is 0 Å². The van der Waals surface area contributed by atoms with Crippen LogP contribution in [0.5, 0.6) is 0 Å². The van der Waals surface area contributed by atoms with E-state index in [2.05, 4.69) is 0 Å². The molecule has 0 bridgehead atoms. The van der Waals surface area contributed by atoms with E-state index in [1.54, 1.807) is 19.2 Å². The molecule has 0 fully saturated rings. The number of hydrogen-bond donors (Lipinski definition) is 1. The largest absolute Gasteiger partial charge is 0.396 e. The lowest BCUT2D eigenvalue weighted by atomic mass is 9.95. The topological polar surface area (TPSA) is 40.5 Å². The lowest BCUT2D eigenvalue weighted by molar-refractivity contribution is -0.124. The van der Waals surface area contributed by atoms with Crippen molar-refractivity contribution in [1.29, 1.82) is 0 Å². The number of rotatable bonds is 4. The van der Waals surface area contributed by atoms with Gasteiger partial charge in [-0.3, -0.25) is 4.79 Å². The summed E-state index contributed by atoms with van der Waals surface area (Å²) in [5.41, 5.74) is 0.621. The number of carbonyl (C=O) groups excluding carboxylic acids is 1. The molecule has 94 valence electrons. The highest BCUT2D eigenvalue weighted by Gasteiger charge is 2.25. The van der Waals surface area contributed by atoms with E-state index >= 15 is 0 Å². The summed E-state index contributed by atoms with van der Waals surface area (Å²) in [6.07, 6.45) is 0. The van der Waals surface area contributed by atoms with Gasteiger partial charge in [0.2, 0.25) is 5.91 Å². The summed E-state index contributed by atoms with van der Waals surface area (Å²) < 4.78 is 12.8. The van der Waals surface area contributed by atoms with Crippen LogP contribution in [0.1, 0.15) is 13.8 Å². The Labute approximate surface area is 101 Å². The van der Waals surface area contributed by atoms with Gasteiger partial charge in [0.05, 0.1) is 12.5 Å². The summed E-state index contributed by atoms with van der Waals surface area (Å²) in [5, 5.41) is 9.20. The number of aliphatic hydroxyl groups is 1. The molecule has 0 radical (unpaired) electrons. The van der Waals surface area contributed by atoms with Crippen LogP contribution in [-0.2, 0) is 4.79 Å². The van der Waals surface area contributed by atoms with Crippen molar-refractivity contribution < 1.29 is 14.3 Å². The first-order chi connectivity index (χ1) is 7.97. The van der Waals surface area contributed by atoms with Crippen LogP contribution in [0.3, 0.4) is 0 Å². The summed E-state index contributed by atoms with van der Waals surface area (Å²) in [6.45, 7) is 3.59. The van der Waals surface area contributed by atoms with Crippen molar-refractivity contribution in [2.75, 3.05) is 18.6 Å². The number of carbonyl (C=O) groups is 1. The first-order valence-electron chi connectivity index (χ1n) is 5.61. The van der Waals surface area contributed by atoms with Crippen molar-refractivity contribution in [3.63, 3.8) is 0 Å². The van der Waals surface area contributed by atoms with E-state index in [9.17, 15) is 14.3 Å². The second-order valence-corrected chi connectivity index (χ2v) is 4.41. The molecule has 0 aliphatic heterocycles. The van der Waals surface area contributed by atoms with Gasteiger partial charge in [0.1, 0.15) is 5.82 Å². The predicted octanol–water partition coefficient (Wildman–Crippen LogP) is 2.05. The lowest BCUT2D eigenvalue weighted by Gasteiger charge is -2.24. The highest BCUT2D eigenvalue weighted by atomic mass is 19.1. The van der Waals surface area contributed by atoms with Gasteiger partial charge in [-0.15, -0.1) is 0 Å². The molecule has 0 spiro atoms. The van der Waals surface area contributed by atoms with Crippen LogP contribution in [-0.4, -0.2) is 24.7 Å². The summed E-state index contributed by atoms with van der Waals surface area (Å²) in [6, 6.07) is 5.70. The van der Waals surface area contributed by atoms with E-state index in [4.69, 9.17) is 0 Å². The summed E-state index contributed by atoms with van der Waals surface area (Å²) in [4.78, 5) is 13.5. The quantitative estimate of drug-likeness (QED) is 0.873. The lowest BCUT2D eigenvalue weighted by Crippen LogP contribution is -2.37. The van der Waals surface area contributed by atoms with Gasteiger partial charge < -0.3 is 10.0 Å². The second-order valence-electron chi connectivity index (χ2n) is 4.41. The van der Waals surface area contributed by atoms with E-state index in [1.807, 2.05) is 13.8 Å². The van der Waals surface area contributed by atoms with Gasteiger partial charge in [0, 0.05) is 12.7 Å². The standard InChI is InChI=1S/C13H18FNO2/c1-9(2)12(8-16)13(17)15(3)11-6-4-10(14)5-7-11/h4-7,9,12,16H,8H2,1-3H3. The number of halogens is 1. The van der Waals surface area contributed by atoms with Crippen LogP contribution in [0, 0.1) is 17.7 Å². The Balaban J connectivity index is 2.85. The molecule has 1 atom stereocenters. The number of anilines is 1. The Kier molecular flexibility index (Phi) is 4.63. The number of nitrogens with zero attached hydrogens (tertiary/aromatic N) is 1. The SMILES string of the molecule is CC(C)C(CO)C(=O)N(C)c1ccc(F)cc1. The first kappa shape index (κ1) is 13.6. The van der Waals surface area contributed by atoms with Crippen molar-refractivity contribution in [1.82, 2.24) is 0 Å². The molecule has 0 aliphatic rings. The Hall–Kier alpha value is -1.42. The molecule has 0 saturated heterocycles. The monoisotopic (exact) mass is 239 g/mol. The molecule has 1 unspecified atom stereocenters. The van der Waals surface area contributed by atoms with Crippen LogP contribution in [0.25, 0.3) is 0 Å². The maximum absolute atomic E-state index is 12.8. The van der Waals surface area contributed by atoms with Gasteiger partial charge in [0.15, 0.2) is 0 Å². The third kappa shape index (κ3) is 3.27. The fourth-order valence-electron chi connectivity index (χ4n) is 1.61. The maximum atomic E-state index is 12.8. The molecule has 1 aromatic carbocycles. The van der Waals surface area contributed by atoms with Crippen LogP contribution in [0.2, 0.25) is 0 Å². The molecule has 3 nitrogen and oxygen atoms in total. The number of benzene rings is 1. The van der Waals surface area contributed by atoms with Gasteiger partial charge in [-0.25, -0.2) is 4.39 Å². The molecule has 0 heterocycles. The van der Waals surface area contributed by atoms with Gasteiger partial charge in [-0.2, -0.15) is 0 Å². The van der Waals surface area contributed by atoms with Crippen molar-refractivity contribution in [3.05, 3.63) is 30.1 Å². The molecular weight excluding hydrogens is 221 g/mol. The van der Waals surface area contributed by atoms with Gasteiger partial charge in [-0.1, -0.05) is 13.8 Å². The highest BCUT2D eigenvalue weighted by Crippen LogP contribution is 2.19. The third-order valence-corrected chi connectivity index (χ3v) is 2.86. The summed E-state index contributed by atoms with van der Waals surface area (Å²) >= 11 is 0. The summed E-state index contributed by atoms with van der Waals surface area (Å²) in [7, 11) is 1.63. The molecule has 0 saturated carbocycles. The van der Waals surface area contributed by atoms with Crippen LogP contribution < -0.4 is 4.90 Å². The molecule has 1 amide bonds. The van der Waals surface area contributed by atoms with E-state index in [-0.39, 0.29) is 24.2 Å². The zero-order chi connectivity index (χ0) is 13.0. The Morgan fingerprint density at radius 3 is 2.29 bits per heavy atom. The van der Waals surface area contributed by atoms with Crippen molar-refractivity contribution >= 4 is 11.6 Å². The third-order valence-electron chi connectivity index (χ3n) is 2.86. The first-order valence-corrected chi connectivity index (χ1v) is 5.61. The molecular formula is C13H18FNO2. The number of amides is 1. The van der Waals surface area contributed by atoms with E-state index in [0.29, 0.717) is 5.69 Å². The Morgan fingerprint density at radius 2 is 1.88 bits per heavy atom. The van der Waals surface area contributed by atoms with Gasteiger partial charge in [0.25, 0.3) is 0 Å². The normalized spacial score (nSPS) is 12.6. The average Bonchev–Trinajstić information content (AvgIpc) is 2.29. The zero-order valence-corrected chi connectivity index (χ0v) is 10.4. The molecule has 0 aromatic heterocycles. The summed E-state index contributed by atoms with van der Waals surface area (Å²) in [5.74, 6) is -0.855. The molecule has 0 aliphatic carbocycles. The minimum Gasteiger partial charge on any atom is -0.396 e. The van der Waals surface area contributed by atoms with Crippen molar-refractivity contribution in [2.24, 2.45) is 11.8 Å². The molecule has 1 N–H and O–H groups in total. The average molecular weight is 239 g/mol. The number of aliphatic hydroxyl groups excluding tert-OH is 1. The molecule has 1 aromatic rings. The van der Waals surface area contributed by atoms with E-state index in [0.717, 1.165) is 0 Å². The molecule has 4 heteroatoms. The van der Waals surface area contributed by atoms with Crippen molar-refractivity contribution in [2.45, 2.75) is 13.8 Å². The zero-order valence-electron chi connectivity index (χ0n) is 10.4. The van der Waals surface area contributed by atoms with Crippen LogP contribution >= 0.6 is 0 Å². The smallest absolute Gasteiger partial charge is 0.232 e. The van der Waals surface area contributed by atoms with E-state index in [1.165, 1.54) is 17.0 Å². The minimum atomic E-state index is -0.426. The predicted molar refractivity (Wildman–Crippen MR) is 65.2 cm³/mol. The molecule has 1 rings (SSSR count). The second kappa shape index (κ2) is 5.77. The fraction of sp³-hybridized carbons (Fsp3) is 0.462. The maximum Gasteiger partial charge on any atom is 0.232 e. The molecule has 17 heavy (non-hydrogen) atoms. The minimum absolute atomic E-state index is 0.0652. The Bertz CT molecular complexity index is 376. The Morgan fingerprint density at radius 1 is 1.35 bits per heavy atom.